The Labute approximate surface area is 155 Å². The molecule has 1 aromatic carbocycles. The molecule has 2 aliphatic heterocycles. The molecule has 0 bridgehead atoms. The van der Waals surface area contributed by atoms with E-state index in [-0.39, 0.29) is 6.04 Å². The number of hydrogen-bond donors (Lipinski definition) is 1. The van der Waals surface area contributed by atoms with Gasteiger partial charge in [0.25, 0.3) is 0 Å². The summed E-state index contributed by atoms with van der Waals surface area (Å²) in [5.41, 5.74) is 0.981. The van der Waals surface area contributed by atoms with Crippen molar-refractivity contribution in [2.75, 3.05) is 31.1 Å². The van der Waals surface area contributed by atoms with Gasteiger partial charge in [-0.25, -0.2) is 9.22 Å². The number of piperidine rings is 2. The van der Waals surface area contributed by atoms with Gasteiger partial charge in [-0.15, -0.1) is 4.41 Å². The highest BCUT2D eigenvalue weighted by molar-refractivity contribution is 7.76. The summed E-state index contributed by atoms with van der Waals surface area (Å²) < 4.78 is 23.4. The fourth-order valence-corrected chi connectivity index (χ4v) is 4.95. The van der Waals surface area contributed by atoms with Crippen molar-refractivity contribution < 1.29 is 8.76 Å². The average Bonchev–Trinajstić information content (AvgIpc) is 2.57. The quantitative estimate of drug-likeness (QED) is 0.792. The van der Waals surface area contributed by atoms with Gasteiger partial charge in [0.05, 0.1) is 10.7 Å². The Balaban J connectivity index is 1.65. The summed E-state index contributed by atoms with van der Waals surface area (Å²) in [7, 11) is 0. The number of nitrogens with zero attached hydrogens (tertiary/aromatic N) is 3. The zero-order valence-electron chi connectivity index (χ0n) is 13.5. The topological polar surface area (TPSA) is 47.0 Å². The maximum absolute atomic E-state index is 11.9. The van der Waals surface area contributed by atoms with Gasteiger partial charge in [0.2, 0.25) is 11.3 Å². The number of hydrazine groups is 1. The summed E-state index contributed by atoms with van der Waals surface area (Å²) in [4.78, 5) is 2.23. The first-order valence-electron chi connectivity index (χ1n) is 8.41. The van der Waals surface area contributed by atoms with E-state index in [4.69, 9.17) is 23.2 Å². The fourth-order valence-electron chi connectivity index (χ4n) is 3.60. The van der Waals surface area contributed by atoms with Crippen LogP contribution in [0.25, 0.3) is 0 Å². The molecular weight excluding hydrogens is 369 g/mol. The van der Waals surface area contributed by atoms with E-state index < -0.39 is 11.3 Å². The van der Waals surface area contributed by atoms with Gasteiger partial charge in [-0.05, 0) is 43.9 Å². The van der Waals surface area contributed by atoms with Gasteiger partial charge in [-0.2, -0.15) is 0 Å². The third-order valence-corrected chi connectivity index (χ3v) is 6.19. The fraction of sp³-hybridized carbons (Fsp3) is 0.625. The van der Waals surface area contributed by atoms with Gasteiger partial charge < -0.3 is 4.90 Å². The van der Waals surface area contributed by atoms with Crippen molar-refractivity contribution in [3.05, 3.63) is 28.2 Å². The van der Waals surface area contributed by atoms with Crippen LogP contribution in [0.3, 0.4) is 0 Å². The highest BCUT2D eigenvalue weighted by Gasteiger charge is 2.33. The van der Waals surface area contributed by atoms with E-state index in [0.717, 1.165) is 57.5 Å². The van der Waals surface area contributed by atoms with Gasteiger partial charge in [-0.3, -0.25) is 4.55 Å². The average molecular weight is 392 g/mol. The Kier molecular flexibility index (Phi) is 6.40. The standard InChI is InChI=1S/C16H23Cl2N3O2S/c17-13-4-5-16(15(18)12-13)19-10-6-14(7-11-19)21(24(22)23)20-8-2-1-3-9-20/h4-5,12,14H,1-3,6-11H2,(H,22,23). The highest BCUT2D eigenvalue weighted by atomic mass is 35.5. The molecular formula is C16H23Cl2N3O2S. The summed E-state index contributed by atoms with van der Waals surface area (Å²) in [6.45, 7) is 3.37. The molecule has 5 nitrogen and oxygen atoms in total. The smallest absolute Gasteiger partial charge is 0.249 e. The Morgan fingerprint density at radius 2 is 1.75 bits per heavy atom. The van der Waals surface area contributed by atoms with Gasteiger partial charge in [-0.1, -0.05) is 29.6 Å². The lowest BCUT2D eigenvalue weighted by Crippen LogP contribution is -2.54. The maximum Gasteiger partial charge on any atom is 0.249 e. The maximum atomic E-state index is 11.9. The second-order valence-electron chi connectivity index (χ2n) is 6.36. The molecule has 1 aromatic rings. The molecule has 8 heteroatoms. The Morgan fingerprint density at radius 3 is 2.33 bits per heavy atom. The summed E-state index contributed by atoms with van der Waals surface area (Å²) in [5, 5.41) is 3.35. The first kappa shape index (κ1) is 18.4. The molecule has 1 atom stereocenters. The Bertz CT molecular complexity index is 591. The zero-order valence-corrected chi connectivity index (χ0v) is 15.9. The molecule has 0 spiro atoms. The minimum absolute atomic E-state index is 0.0938. The number of hydrogen-bond acceptors (Lipinski definition) is 3. The van der Waals surface area contributed by atoms with Crippen LogP contribution in [0, 0.1) is 0 Å². The molecule has 0 amide bonds. The van der Waals surface area contributed by atoms with Crippen LogP contribution in [0.5, 0.6) is 0 Å². The minimum atomic E-state index is -1.96. The van der Waals surface area contributed by atoms with Crippen LogP contribution in [0.2, 0.25) is 10.0 Å². The normalized spacial score (nSPS) is 22.1. The van der Waals surface area contributed by atoms with Crippen molar-refractivity contribution in [1.82, 2.24) is 9.42 Å². The first-order valence-corrected chi connectivity index (χ1v) is 10.2. The monoisotopic (exact) mass is 391 g/mol. The van der Waals surface area contributed by atoms with Crippen LogP contribution in [0.1, 0.15) is 32.1 Å². The van der Waals surface area contributed by atoms with Gasteiger partial charge >= 0.3 is 0 Å². The lowest BCUT2D eigenvalue weighted by atomic mass is 10.0. The van der Waals surface area contributed by atoms with Crippen molar-refractivity contribution in [3.63, 3.8) is 0 Å². The molecule has 0 saturated carbocycles. The summed E-state index contributed by atoms with van der Waals surface area (Å²) >= 11 is 10.3. The molecule has 2 saturated heterocycles. The van der Waals surface area contributed by atoms with Gasteiger partial charge in [0.15, 0.2) is 0 Å². The number of benzene rings is 1. The number of halogens is 2. The second-order valence-corrected chi connectivity index (χ2v) is 8.04. The van der Waals surface area contributed by atoms with Crippen LogP contribution in [-0.2, 0) is 11.3 Å². The van der Waals surface area contributed by atoms with Crippen LogP contribution in [-0.4, -0.2) is 50.4 Å². The van der Waals surface area contributed by atoms with E-state index in [1.165, 1.54) is 6.42 Å². The predicted octanol–water partition coefficient (Wildman–Crippen LogP) is 3.80. The van der Waals surface area contributed by atoms with Crippen molar-refractivity contribution in [1.29, 1.82) is 0 Å². The molecule has 1 N–H and O–H groups in total. The second kappa shape index (κ2) is 8.34. The minimum Gasteiger partial charge on any atom is -0.370 e. The Hall–Kier alpha value is -0.370. The molecule has 24 heavy (non-hydrogen) atoms. The SMILES string of the molecule is O=S(O)N(C1CCN(c2ccc(Cl)cc2Cl)CC1)N1CCCCC1. The number of anilines is 1. The van der Waals surface area contributed by atoms with Crippen molar-refractivity contribution in [3.8, 4) is 0 Å². The summed E-state index contributed by atoms with van der Waals surface area (Å²) in [6, 6.07) is 5.64. The van der Waals surface area contributed by atoms with Crippen LogP contribution >= 0.6 is 23.2 Å². The molecule has 0 radical (unpaired) electrons. The van der Waals surface area contributed by atoms with Gasteiger partial charge in [0, 0.05) is 37.2 Å². The molecule has 2 heterocycles. The lowest BCUT2D eigenvalue weighted by Gasteiger charge is -2.43. The molecule has 2 fully saturated rings. The van der Waals surface area contributed by atoms with Crippen molar-refractivity contribution >= 4 is 40.2 Å². The van der Waals surface area contributed by atoms with Crippen molar-refractivity contribution in [2.24, 2.45) is 0 Å². The van der Waals surface area contributed by atoms with E-state index in [9.17, 15) is 8.76 Å². The lowest BCUT2D eigenvalue weighted by molar-refractivity contribution is -0.00243. The molecule has 134 valence electrons. The van der Waals surface area contributed by atoms with E-state index >= 15 is 0 Å². The molecule has 0 aromatic heterocycles. The summed E-state index contributed by atoms with van der Waals surface area (Å²) in [6.07, 6.45) is 5.05. The zero-order chi connectivity index (χ0) is 17.1. The Morgan fingerprint density at radius 1 is 1.08 bits per heavy atom. The largest absolute Gasteiger partial charge is 0.370 e. The van der Waals surface area contributed by atoms with Gasteiger partial charge in [0.1, 0.15) is 0 Å². The molecule has 2 aliphatic rings. The number of rotatable bonds is 4. The van der Waals surface area contributed by atoms with E-state index in [2.05, 4.69) is 9.91 Å². The predicted molar refractivity (Wildman–Crippen MR) is 99.7 cm³/mol. The molecule has 1 unspecified atom stereocenters. The first-order chi connectivity index (χ1) is 11.6. The van der Waals surface area contributed by atoms with E-state index in [1.807, 2.05) is 12.1 Å². The van der Waals surface area contributed by atoms with Crippen LogP contribution < -0.4 is 4.90 Å². The van der Waals surface area contributed by atoms with Crippen LogP contribution in [0.15, 0.2) is 18.2 Å². The van der Waals surface area contributed by atoms with E-state index in [0.29, 0.717) is 10.0 Å². The third-order valence-electron chi connectivity index (χ3n) is 4.80. The third kappa shape index (κ3) is 4.23. The highest BCUT2D eigenvalue weighted by Crippen LogP contribution is 2.32. The summed E-state index contributed by atoms with van der Waals surface area (Å²) in [5.74, 6) is 0. The molecule has 3 rings (SSSR count). The molecule has 0 aliphatic carbocycles. The van der Waals surface area contributed by atoms with Crippen LogP contribution in [0.4, 0.5) is 5.69 Å². The van der Waals surface area contributed by atoms with E-state index in [1.54, 1.807) is 10.5 Å². The van der Waals surface area contributed by atoms with Crippen molar-refractivity contribution in [2.45, 2.75) is 38.1 Å².